The molecule has 1 heterocycles. The van der Waals surface area contributed by atoms with Crippen LogP contribution in [0.15, 0.2) is 48.7 Å². The molecule has 0 aliphatic carbocycles. The van der Waals surface area contributed by atoms with E-state index in [2.05, 4.69) is 10.6 Å². The maximum atomic E-state index is 6.17. The van der Waals surface area contributed by atoms with Crippen LogP contribution in [-0.4, -0.2) is 4.57 Å². The van der Waals surface area contributed by atoms with Gasteiger partial charge < -0.3 is 4.57 Å². The van der Waals surface area contributed by atoms with E-state index < -0.39 is 0 Å². The van der Waals surface area contributed by atoms with Crippen molar-refractivity contribution in [3.05, 3.63) is 69.3 Å². The number of hydrogen-bond acceptors (Lipinski definition) is 0. The quantitative estimate of drug-likeness (QED) is 0.576. The minimum absolute atomic E-state index is 0.575. The van der Waals surface area contributed by atoms with Crippen molar-refractivity contribution in [3.63, 3.8) is 0 Å². The van der Waals surface area contributed by atoms with Crippen LogP contribution in [0.4, 0.5) is 0 Å². The van der Waals surface area contributed by atoms with E-state index in [0.717, 1.165) is 28.0 Å². The zero-order chi connectivity index (χ0) is 13.4. The first-order chi connectivity index (χ1) is 9.15. The Balaban J connectivity index is 2.01. The maximum absolute atomic E-state index is 6.17. The lowest BCUT2D eigenvalue weighted by atomic mass is 10.2. The predicted octanol–water partition coefficient (Wildman–Crippen LogP) is 5.65. The first kappa shape index (κ1) is 12.9. The summed E-state index contributed by atoms with van der Waals surface area (Å²) in [6.45, 7) is 0.737. The molecule has 0 unspecified atom stereocenters. The molecule has 1 aromatic heterocycles. The second kappa shape index (κ2) is 5.09. The van der Waals surface area contributed by atoms with Crippen molar-refractivity contribution in [1.82, 2.24) is 4.57 Å². The molecule has 0 radical (unpaired) electrons. The smallest absolute Gasteiger partial charge is 0.0595 e. The molecule has 96 valence electrons. The van der Waals surface area contributed by atoms with Gasteiger partial charge >= 0.3 is 0 Å². The van der Waals surface area contributed by atoms with E-state index in [9.17, 15) is 0 Å². The highest BCUT2D eigenvalue weighted by Gasteiger charge is 2.05. The number of benzene rings is 2. The molecule has 1 nitrogen and oxygen atoms in total. The summed E-state index contributed by atoms with van der Waals surface area (Å²) in [5, 5.41) is 2.98. The van der Waals surface area contributed by atoms with Crippen LogP contribution in [0.3, 0.4) is 0 Å². The summed E-state index contributed by atoms with van der Waals surface area (Å²) in [6.07, 6.45) is 2.03. The fourth-order valence-electron chi connectivity index (χ4n) is 2.16. The first-order valence-electron chi connectivity index (χ1n) is 5.82. The topological polar surface area (TPSA) is 4.93 Å². The minimum atomic E-state index is 0.575. The van der Waals surface area contributed by atoms with Crippen molar-refractivity contribution in [2.24, 2.45) is 0 Å². The summed E-state index contributed by atoms with van der Waals surface area (Å²) >= 11 is 18.1. The van der Waals surface area contributed by atoms with E-state index in [0.29, 0.717) is 10.0 Å². The van der Waals surface area contributed by atoms with Gasteiger partial charge in [0.25, 0.3) is 0 Å². The number of rotatable bonds is 2. The number of nitrogens with zero attached hydrogens (tertiary/aromatic N) is 1. The molecule has 3 rings (SSSR count). The van der Waals surface area contributed by atoms with Crippen LogP contribution in [0.2, 0.25) is 15.1 Å². The van der Waals surface area contributed by atoms with Crippen molar-refractivity contribution in [3.8, 4) is 0 Å². The molecule has 0 aliphatic heterocycles. The second-order valence-electron chi connectivity index (χ2n) is 4.36. The monoisotopic (exact) mass is 309 g/mol. The molecule has 3 aromatic rings. The van der Waals surface area contributed by atoms with Gasteiger partial charge in [-0.05, 0) is 35.9 Å². The van der Waals surface area contributed by atoms with Crippen LogP contribution < -0.4 is 0 Å². The molecule has 0 saturated carbocycles. The molecular weight excluding hydrogens is 301 g/mol. The molecule has 4 heteroatoms. The summed E-state index contributed by atoms with van der Waals surface area (Å²) in [4.78, 5) is 0. The Morgan fingerprint density at radius 1 is 0.842 bits per heavy atom. The Morgan fingerprint density at radius 2 is 1.68 bits per heavy atom. The number of fused-ring (bicyclic) bond motifs is 1. The fourth-order valence-corrected chi connectivity index (χ4v) is 2.71. The van der Waals surface area contributed by atoms with Gasteiger partial charge in [0.1, 0.15) is 0 Å². The van der Waals surface area contributed by atoms with Gasteiger partial charge in [-0.25, -0.2) is 0 Å². The molecule has 0 atom stereocenters. The van der Waals surface area contributed by atoms with Gasteiger partial charge in [-0.3, -0.25) is 0 Å². The maximum Gasteiger partial charge on any atom is 0.0595 e. The molecule has 0 aliphatic rings. The zero-order valence-corrected chi connectivity index (χ0v) is 12.2. The van der Waals surface area contributed by atoms with Gasteiger partial charge in [0, 0.05) is 28.7 Å². The summed E-state index contributed by atoms with van der Waals surface area (Å²) in [5.74, 6) is 0. The molecule has 0 amide bonds. The normalized spacial score (nSPS) is 11.1. The van der Waals surface area contributed by atoms with Crippen LogP contribution >= 0.6 is 34.8 Å². The van der Waals surface area contributed by atoms with Gasteiger partial charge in [0.15, 0.2) is 0 Å². The summed E-state index contributed by atoms with van der Waals surface area (Å²) in [6, 6.07) is 13.6. The number of halogens is 3. The third-order valence-corrected chi connectivity index (χ3v) is 4.17. The van der Waals surface area contributed by atoms with Gasteiger partial charge in [-0.2, -0.15) is 0 Å². The van der Waals surface area contributed by atoms with E-state index in [1.54, 1.807) is 0 Å². The average Bonchev–Trinajstić information content (AvgIpc) is 2.79. The van der Waals surface area contributed by atoms with Crippen LogP contribution in [0, 0.1) is 0 Å². The van der Waals surface area contributed by atoms with Crippen LogP contribution in [-0.2, 0) is 6.54 Å². The summed E-state index contributed by atoms with van der Waals surface area (Å²) < 4.78 is 2.14. The molecule has 0 saturated heterocycles. The zero-order valence-electron chi connectivity index (χ0n) is 9.91. The van der Waals surface area contributed by atoms with Crippen molar-refractivity contribution in [2.75, 3.05) is 0 Å². The van der Waals surface area contributed by atoms with Gasteiger partial charge in [0.05, 0.1) is 10.0 Å². The SMILES string of the molecule is Clc1ccc(Cn2ccc3c(Cl)cccc32)cc1Cl. The largest absolute Gasteiger partial charge is 0.343 e. The predicted molar refractivity (Wildman–Crippen MR) is 82.5 cm³/mol. The summed E-state index contributed by atoms with van der Waals surface area (Å²) in [5.41, 5.74) is 2.21. The van der Waals surface area contributed by atoms with Crippen LogP contribution in [0.5, 0.6) is 0 Å². The first-order valence-corrected chi connectivity index (χ1v) is 6.96. The molecule has 19 heavy (non-hydrogen) atoms. The molecule has 2 aromatic carbocycles. The van der Waals surface area contributed by atoms with Crippen molar-refractivity contribution in [1.29, 1.82) is 0 Å². The highest BCUT2D eigenvalue weighted by molar-refractivity contribution is 6.42. The molecule has 0 spiro atoms. The highest BCUT2D eigenvalue weighted by atomic mass is 35.5. The molecule has 0 fully saturated rings. The Labute approximate surface area is 126 Å². The van der Waals surface area contributed by atoms with E-state index in [1.165, 1.54) is 0 Å². The van der Waals surface area contributed by atoms with Crippen molar-refractivity contribution < 1.29 is 0 Å². The lowest BCUT2D eigenvalue weighted by Gasteiger charge is -2.07. The van der Waals surface area contributed by atoms with E-state index in [1.807, 2.05) is 42.6 Å². The van der Waals surface area contributed by atoms with E-state index in [-0.39, 0.29) is 0 Å². The fraction of sp³-hybridized carbons (Fsp3) is 0.0667. The number of hydrogen-bond donors (Lipinski definition) is 0. The molecule has 0 bridgehead atoms. The lowest BCUT2D eigenvalue weighted by Crippen LogP contribution is -1.97. The Morgan fingerprint density at radius 3 is 2.47 bits per heavy atom. The number of aromatic nitrogens is 1. The standard InChI is InChI=1S/C15H10Cl3N/c16-12-2-1-3-15-11(12)6-7-19(15)9-10-4-5-13(17)14(18)8-10/h1-8H,9H2. The Bertz CT molecular complexity index is 746. The van der Waals surface area contributed by atoms with E-state index in [4.69, 9.17) is 34.8 Å². The van der Waals surface area contributed by atoms with Crippen LogP contribution in [0.25, 0.3) is 10.9 Å². The van der Waals surface area contributed by atoms with Crippen molar-refractivity contribution >= 4 is 45.7 Å². The van der Waals surface area contributed by atoms with Crippen LogP contribution in [0.1, 0.15) is 5.56 Å². The Hall–Kier alpha value is -1.15. The van der Waals surface area contributed by atoms with Crippen molar-refractivity contribution in [2.45, 2.75) is 6.54 Å². The third-order valence-electron chi connectivity index (χ3n) is 3.10. The summed E-state index contributed by atoms with van der Waals surface area (Å²) in [7, 11) is 0. The van der Waals surface area contributed by atoms with Gasteiger partial charge in [0.2, 0.25) is 0 Å². The minimum Gasteiger partial charge on any atom is -0.343 e. The highest BCUT2D eigenvalue weighted by Crippen LogP contribution is 2.26. The average molecular weight is 311 g/mol. The van der Waals surface area contributed by atoms with E-state index >= 15 is 0 Å². The van der Waals surface area contributed by atoms with Gasteiger partial charge in [-0.1, -0.05) is 46.9 Å². The molecular formula is C15H10Cl3N. The Kier molecular flexibility index (Phi) is 3.44. The lowest BCUT2D eigenvalue weighted by molar-refractivity contribution is 0.837. The third kappa shape index (κ3) is 2.46. The van der Waals surface area contributed by atoms with Gasteiger partial charge in [-0.15, -0.1) is 0 Å². The molecule has 0 N–H and O–H groups in total. The second-order valence-corrected chi connectivity index (χ2v) is 5.59.